The van der Waals surface area contributed by atoms with Gasteiger partial charge in [-0.25, -0.2) is 4.79 Å². The van der Waals surface area contributed by atoms with E-state index in [9.17, 15) is 19.5 Å². The summed E-state index contributed by atoms with van der Waals surface area (Å²) in [6.45, 7) is 4.73. The van der Waals surface area contributed by atoms with Gasteiger partial charge in [0, 0.05) is 27.2 Å². The minimum Gasteiger partial charge on any atom is -0.494 e. The first-order chi connectivity index (χ1) is 19.4. The zero-order valence-corrected chi connectivity index (χ0v) is 23.3. The minimum atomic E-state index is -1.09. The number of aromatic carboxylic acids is 1. The van der Waals surface area contributed by atoms with Crippen molar-refractivity contribution in [2.45, 2.75) is 43.3 Å². The maximum Gasteiger partial charge on any atom is 0.336 e. The Hall–Kier alpha value is -4.30. The SMILES string of the molecule is CCCCOc1ccc(NC(=O)C(CC)Sc2cccc(NC(=O)c3cccc4cccc(C(=O)O)c34)c2)cc1. The lowest BCUT2D eigenvalue weighted by Crippen LogP contribution is -2.24. The smallest absolute Gasteiger partial charge is 0.336 e. The number of hydrogen-bond donors (Lipinski definition) is 3. The van der Waals surface area contributed by atoms with E-state index in [4.69, 9.17) is 4.74 Å². The van der Waals surface area contributed by atoms with E-state index in [2.05, 4.69) is 17.6 Å². The molecule has 0 saturated heterocycles. The summed E-state index contributed by atoms with van der Waals surface area (Å²) in [6, 6.07) is 24.7. The number of nitrogens with one attached hydrogen (secondary N) is 2. The fourth-order valence-electron chi connectivity index (χ4n) is 4.23. The molecule has 3 N–H and O–H groups in total. The summed E-state index contributed by atoms with van der Waals surface area (Å²) in [7, 11) is 0. The highest BCUT2D eigenvalue weighted by molar-refractivity contribution is 8.00. The van der Waals surface area contributed by atoms with Crippen LogP contribution in [0.15, 0.2) is 89.8 Å². The molecule has 4 aromatic carbocycles. The quantitative estimate of drug-likeness (QED) is 0.123. The number of rotatable bonds is 12. The molecule has 0 aromatic heterocycles. The van der Waals surface area contributed by atoms with E-state index in [1.165, 1.54) is 17.8 Å². The third-order valence-electron chi connectivity index (χ3n) is 6.30. The van der Waals surface area contributed by atoms with Crippen molar-refractivity contribution in [2.24, 2.45) is 0 Å². The van der Waals surface area contributed by atoms with E-state index < -0.39 is 11.9 Å². The normalized spacial score (nSPS) is 11.6. The van der Waals surface area contributed by atoms with Crippen LogP contribution in [-0.2, 0) is 4.79 Å². The first kappa shape index (κ1) is 28.7. The van der Waals surface area contributed by atoms with Crippen molar-refractivity contribution in [3.63, 3.8) is 0 Å². The van der Waals surface area contributed by atoms with Crippen LogP contribution >= 0.6 is 11.8 Å². The van der Waals surface area contributed by atoms with Gasteiger partial charge in [-0.05, 0) is 72.8 Å². The molecular formula is C32H32N2O5S. The topological polar surface area (TPSA) is 105 Å². The Bertz CT molecular complexity index is 1500. The molecule has 0 radical (unpaired) electrons. The molecule has 0 spiro atoms. The third kappa shape index (κ3) is 7.21. The van der Waals surface area contributed by atoms with Crippen LogP contribution in [0.1, 0.15) is 53.8 Å². The average Bonchev–Trinajstić information content (AvgIpc) is 2.96. The number of carboxylic acid groups (broad SMARTS) is 1. The number of benzene rings is 4. The van der Waals surface area contributed by atoms with Crippen molar-refractivity contribution in [3.05, 3.63) is 96.1 Å². The van der Waals surface area contributed by atoms with Gasteiger partial charge in [0.15, 0.2) is 0 Å². The lowest BCUT2D eigenvalue weighted by atomic mass is 9.98. The van der Waals surface area contributed by atoms with E-state index in [-0.39, 0.29) is 22.3 Å². The molecule has 0 aliphatic carbocycles. The van der Waals surface area contributed by atoms with Crippen molar-refractivity contribution in [3.8, 4) is 5.75 Å². The molecule has 0 aliphatic heterocycles. The molecule has 206 valence electrons. The predicted octanol–water partition coefficient (Wildman–Crippen LogP) is 7.48. The highest BCUT2D eigenvalue weighted by Gasteiger charge is 2.20. The second-order valence-electron chi connectivity index (χ2n) is 9.23. The van der Waals surface area contributed by atoms with Crippen LogP contribution in [0.25, 0.3) is 10.8 Å². The highest BCUT2D eigenvalue weighted by Crippen LogP contribution is 2.30. The Morgan fingerprint density at radius 2 is 1.55 bits per heavy atom. The summed E-state index contributed by atoms with van der Waals surface area (Å²) in [6.07, 6.45) is 2.67. The summed E-state index contributed by atoms with van der Waals surface area (Å²) in [5.41, 5.74) is 1.60. The number of amides is 2. The molecule has 0 heterocycles. The van der Waals surface area contributed by atoms with Gasteiger partial charge in [0.05, 0.1) is 17.4 Å². The van der Waals surface area contributed by atoms with Crippen molar-refractivity contribution < 1.29 is 24.2 Å². The second kappa shape index (κ2) is 13.7. The fourth-order valence-corrected chi connectivity index (χ4v) is 5.25. The Morgan fingerprint density at radius 3 is 2.23 bits per heavy atom. The fraction of sp³-hybridized carbons (Fsp3) is 0.219. The first-order valence-electron chi connectivity index (χ1n) is 13.3. The minimum absolute atomic E-state index is 0.0722. The van der Waals surface area contributed by atoms with Gasteiger partial charge in [0.2, 0.25) is 5.91 Å². The molecule has 0 aliphatic rings. The number of unbranched alkanes of at least 4 members (excludes halogenated alkanes) is 1. The number of ether oxygens (including phenoxy) is 1. The van der Waals surface area contributed by atoms with Gasteiger partial charge in [0.25, 0.3) is 5.91 Å². The summed E-state index contributed by atoms with van der Waals surface area (Å²) < 4.78 is 5.69. The average molecular weight is 557 g/mol. The van der Waals surface area contributed by atoms with Crippen LogP contribution in [-0.4, -0.2) is 34.7 Å². The Morgan fingerprint density at radius 1 is 0.850 bits per heavy atom. The van der Waals surface area contributed by atoms with E-state index in [1.54, 1.807) is 36.4 Å². The number of carbonyl (C=O) groups excluding carboxylic acids is 2. The standard InChI is InChI=1S/C32H32N2O5S/c1-3-5-19-39-24-17-15-22(16-18-24)33-31(36)28(4-2)40-25-12-8-11-23(20-25)34-30(35)26-13-6-9-21-10-7-14-27(29(21)26)32(37)38/h6-18,20,28H,3-5,19H2,1-2H3,(H,33,36)(H,34,35)(H,37,38). The number of thioether (sulfide) groups is 1. The molecule has 0 fully saturated rings. The molecular weight excluding hydrogens is 524 g/mol. The zero-order chi connectivity index (χ0) is 28.5. The molecule has 1 atom stereocenters. The van der Waals surface area contributed by atoms with Crippen LogP contribution < -0.4 is 15.4 Å². The van der Waals surface area contributed by atoms with Crippen molar-refractivity contribution >= 4 is 51.7 Å². The number of anilines is 2. The molecule has 4 rings (SSSR count). The van der Waals surface area contributed by atoms with Gasteiger partial charge in [0.1, 0.15) is 5.75 Å². The monoisotopic (exact) mass is 556 g/mol. The molecule has 40 heavy (non-hydrogen) atoms. The molecule has 7 nitrogen and oxygen atoms in total. The number of carbonyl (C=O) groups is 3. The Kier molecular flexibility index (Phi) is 9.81. The highest BCUT2D eigenvalue weighted by atomic mass is 32.2. The second-order valence-corrected chi connectivity index (χ2v) is 10.5. The molecule has 2 amide bonds. The third-order valence-corrected chi connectivity index (χ3v) is 7.66. The van der Waals surface area contributed by atoms with Gasteiger partial charge >= 0.3 is 5.97 Å². The van der Waals surface area contributed by atoms with Crippen LogP contribution in [0, 0.1) is 0 Å². The molecule has 0 bridgehead atoms. The lowest BCUT2D eigenvalue weighted by molar-refractivity contribution is -0.115. The molecule has 8 heteroatoms. The first-order valence-corrected chi connectivity index (χ1v) is 14.1. The maximum absolute atomic E-state index is 13.2. The van der Waals surface area contributed by atoms with E-state index in [0.29, 0.717) is 35.2 Å². The Balaban J connectivity index is 1.43. The summed E-state index contributed by atoms with van der Waals surface area (Å²) in [4.78, 5) is 38.8. The van der Waals surface area contributed by atoms with E-state index in [1.807, 2.05) is 49.4 Å². The van der Waals surface area contributed by atoms with Crippen LogP contribution in [0.3, 0.4) is 0 Å². The maximum atomic E-state index is 13.2. The number of hydrogen-bond acceptors (Lipinski definition) is 5. The molecule has 0 saturated carbocycles. The summed E-state index contributed by atoms with van der Waals surface area (Å²) >= 11 is 1.41. The predicted molar refractivity (Wildman–Crippen MR) is 161 cm³/mol. The molecule has 1 unspecified atom stereocenters. The Labute approximate surface area is 237 Å². The zero-order valence-electron chi connectivity index (χ0n) is 22.5. The van der Waals surface area contributed by atoms with Crippen molar-refractivity contribution in [1.29, 1.82) is 0 Å². The van der Waals surface area contributed by atoms with Gasteiger partial charge in [-0.15, -0.1) is 11.8 Å². The van der Waals surface area contributed by atoms with Gasteiger partial charge in [-0.2, -0.15) is 0 Å². The largest absolute Gasteiger partial charge is 0.494 e. The number of carboxylic acids is 1. The number of fused-ring (bicyclic) bond motifs is 1. The van der Waals surface area contributed by atoms with E-state index in [0.717, 1.165) is 23.5 Å². The molecule has 4 aromatic rings. The lowest BCUT2D eigenvalue weighted by Gasteiger charge is -2.16. The van der Waals surface area contributed by atoms with Gasteiger partial charge in [-0.3, -0.25) is 9.59 Å². The van der Waals surface area contributed by atoms with Crippen LogP contribution in [0.2, 0.25) is 0 Å². The summed E-state index contributed by atoms with van der Waals surface area (Å²) in [5, 5.41) is 16.2. The van der Waals surface area contributed by atoms with Gasteiger partial charge < -0.3 is 20.5 Å². The van der Waals surface area contributed by atoms with Crippen LogP contribution in [0.4, 0.5) is 11.4 Å². The van der Waals surface area contributed by atoms with Crippen molar-refractivity contribution in [1.82, 2.24) is 0 Å². The van der Waals surface area contributed by atoms with Crippen molar-refractivity contribution in [2.75, 3.05) is 17.2 Å². The van der Waals surface area contributed by atoms with E-state index >= 15 is 0 Å². The van der Waals surface area contributed by atoms with Crippen LogP contribution in [0.5, 0.6) is 5.75 Å². The summed E-state index contributed by atoms with van der Waals surface area (Å²) in [5.74, 6) is -0.842. The van der Waals surface area contributed by atoms with Gasteiger partial charge in [-0.1, -0.05) is 50.6 Å².